The number of ether oxygens (including phenoxy) is 2. The van der Waals surface area contributed by atoms with Crippen molar-refractivity contribution in [3.8, 4) is 0 Å². The molecule has 0 heterocycles. The smallest absolute Gasteiger partial charge is 0.408 e. The summed E-state index contributed by atoms with van der Waals surface area (Å²) in [6.45, 7) is 5.33. The van der Waals surface area contributed by atoms with Crippen LogP contribution in [0.4, 0.5) is 4.79 Å². The van der Waals surface area contributed by atoms with E-state index in [0.717, 1.165) is 5.56 Å². The van der Waals surface area contributed by atoms with Crippen LogP contribution in [0.3, 0.4) is 0 Å². The highest BCUT2D eigenvalue weighted by molar-refractivity contribution is 6.02. The number of Topliss-reactive ketones (excluding diaryl/α,β-unsaturated/α-hetero) is 1. The second kappa shape index (κ2) is 9.91. The Kier molecular flexibility index (Phi) is 8.25. The number of carbonyl (C=O) groups is 3. The van der Waals surface area contributed by atoms with Crippen molar-refractivity contribution in [2.75, 3.05) is 13.7 Å². The third kappa shape index (κ3) is 7.23. The van der Waals surface area contributed by atoms with E-state index in [9.17, 15) is 14.4 Å². The van der Waals surface area contributed by atoms with Gasteiger partial charge in [-0.2, -0.15) is 0 Å². The van der Waals surface area contributed by atoms with Gasteiger partial charge in [-0.1, -0.05) is 30.3 Å². The zero-order valence-corrected chi connectivity index (χ0v) is 15.8. The van der Waals surface area contributed by atoms with Gasteiger partial charge >= 0.3 is 12.1 Å². The number of benzene rings is 1. The third-order valence-electron chi connectivity index (χ3n) is 3.60. The number of amides is 1. The standard InChI is InChI=1S/C19H28N2O5/c1-19(2,3)26-18(24)21-15(12-13-8-6-5-7-9-13)16(22)14(10-11-20)17(23)25-4/h5-9,14-15H,10-12,20H2,1-4H3,(H,21,24)/t14?,15-/m0/s1. The summed E-state index contributed by atoms with van der Waals surface area (Å²) in [6, 6.07) is 8.28. The van der Waals surface area contributed by atoms with Crippen LogP contribution in [0.15, 0.2) is 30.3 Å². The second-order valence-electron chi connectivity index (χ2n) is 6.94. The number of hydrogen-bond donors (Lipinski definition) is 2. The van der Waals surface area contributed by atoms with Crippen molar-refractivity contribution < 1.29 is 23.9 Å². The molecule has 0 radical (unpaired) electrons. The quantitative estimate of drug-likeness (QED) is 0.538. The Labute approximate surface area is 154 Å². The van der Waals surface area contributed by atoms with Crippen molar-refractivity contribution in [3.63, 3.8) is 0 Å². The number of alkyl carbamates (subject to hydrolysis) is 1. The minimum absolute atomic E-state index is 0.146. The Hall–Kier alpha value is -2.41. The molecule has 0 saturated heterocycles. The molecule has 0 spiro atoms. The summed E-state index contributed by atoms with van der Waals surface area (Å²) in [5.74, 6) is -2.14. The highest BCUT2D eigenvalue weighted by atomic mass is 16.6. The van der Waals surface area contributed by atoms with Crippen LogP contribution in [0, 0.1) is 5.92 Å². The Balaban J connectivity index is 3.02. The van der Waals surface area contributed by atoms with Crippen LogP contribution in [0.1, 0.15) is 32.8 Å². The third-order valence-corrected chi connectivity index (χ3v) is 3.60. The van der Waals surface area contributed by atoms with Gasteiger partial charge in [0.2, 0.25) is 0 Å². The van der Waals surface area contributed by atoms with E-state index >= 15 is 0 Å². The van der Waals surface area contributed by atoms with Gasteiger partial charge in [-0.15, -0.1) is 0 Å². The van der Waals surface area contributed by atoms with Gasteiger partial charge in [0.15, 0.2) is 5.78 Å². The van der Waals surface area contributed by atoms with Crippen molar-refractivity contribution in [1.82, 2.24) is 5.32 Å². The van der Waals surface area contributed by atoms with Gasteiger partial charge in [-0.25, -0.2) is 4.79 Å². The summed E-state index contributed by atoms with van der Waals surface area (Å²) in [6.07, 6.45) is -0.341. The molecule has 0 aliphatic heterocycles. The molecule has 1 amide bonds. The molecule has 0 fully saturated rings. The van der Waals surface area contributed by atoms with Crippen LogP contribution in [0.2, 0.25) is 0 Å². The molecule has 26 heavy (non-hydrogen) atoms. The Bertz CT molecular complexity index is 610. The van der Waals surface area contributed by atoms with Gasteiger partial charge in [0.1, 0.15) is 11.5 Å². The van der Waals surface area contributed by atoms with E-state index in [4.69, 9.17) is 15.2 Å². The molecule has 1 aromatic rings. The van der Waals surface area contributed by atoms with Crippen LogP contribution >= 0.6 is 0 Å². The monoisotopic (exact) mass is 364 g/mol. The van der Waals surface area contributed by atoms with E-state index in [-0.39, 0.29) is 19.4 Å². The number of nitrogens with two attached hydrogens (primary N) is 1. The number of ketones is 1. The molecule has 144 valence electrons. The Morgan fingerprint density at radius 1 is 1.15 bits per heavy atom. The zero-order valence-electron chi connectivity index (χ0n) is 15.8. The minimum Gasteiger partial charge on any atom is -0.468 e. The van der Waals surface area contributed by atoms with Crippen LogP contribution in [-0.4, -0.2) is 43.1 Å². The first kappa shape index (κ1) is 21.6. The lowest BCUT2D eigenvalue weighted by Gasteiger charge is -2.25. The molecule has 0 aliphatic rings. The number of hydrogen-bond acceptors (Lipinski definition) is 6. The molecule has 0 bridgehead atoms. The molecule has 0 aromatic heterocycles. The minimum atomic E-state index is -1.03. The Morgan fingerprint density at radius 3 is 2.27 bits per heavy atom. The summed E-state index contributed by atoms with van der Waals surface area (Å²) in [5.41, 5.74) is 5.67. The van der Waals surface area contributed by atoms with Gasteiger partial charge in [0.05, 0.1) is 13.2 Å². The summed E-state index contributed by atoms with van der Waals surface area (Å²) in [7, 11) is 1.21. The van der Waals surface area contributed by atoms with E-state index in [1.165, 1.54) is 7.11 Å². The summed E-state index contributed by atoms with van der Waals surface area (Å²) in [4.78, 5) is 37.0. The summed E-state index contributed by atoms with van der Waals surface area (Å²) in [5, 5.41) is 2.58. The van der Waals surface area contributed by atoms with E-state index in [2.05, 4.69) is 5.32 Å². The molecule has 1 aromatic carbocycles. The summed E-state index contributed by atoms with van der Waals surface area (Å²) >= 11 is 0. The van der Waals surface area contributed by atoms with Crippen molar-refractivity contribution in [2.45, 2.75) is 45.3 Å². The van der Waals surface area contributed by atoms with E-state index < -0.39 is 35.4 Å². The predicted octanol–water partition coefficient (Wildman–Crippen LogP) is 1.83. The zero-order chi connectivity index (χ0) is 19.7. The van der Waals surface area contributed by atoms with Gasteiger partial charge in [0.25, 0.3) is 0 Å². The molecule has 0 saturated carbocycles. The van der Waals surface area contributed by atoms with Crippen molar-refractivity contribution >= 4 is 17.8 Å². The first-order chi connectivity index (χ1) is 12.2. The molecular formula is C19H28N2O5. The van der Waals surface area contributed by atoms with Gasteiger partial charge in [-0.05, 0) is 45.7 Å². The van der Waals surface area contributed by atoms with Crippen LogP contribution < -0.4 is 11.1 Å². The maximum atomic E-state index is 12.9. The molecule has 0 aliphatic carbocycles. The predicted molar refractivity (Wildman–Crippen MR) is 97.5 cm³/mol. The second-order valence-corrected chi connectivity index (χ2v) is 6.94. The first-order valence-electron chi connectivity index (χ1n) is 8.53. The fourth-order valence-corrected chi connectivity index (χ4v) is 2.45. The molecule has 7 heteroatoms. The number of esters is 1. The lowest BCUT2D eigenvalue weighted by molar-refractivity contribution is -0.150. The lowest BCUT2D eigenvalue weighted by Crippen LogP contribution is -2.48. The number of nitrogens with one attached hydrogen (secondary N) is 1. The molecule has 7 nitrogen and oxygen atoms in total. The van der Waals surface area contributed by atoms with Gasteiger partial charge in [-0.3, -0.25) is 9.59 Å². The number of rotatable bonds is 8. The van der Waals surface area contributed by atoms with Crippen molar-refractivity contribution in [2.24, 2.45) is 11.7 Å². The molecular weight excluding hydrogens is 336 g/mol. The maximum absolute atomic E-state index is 12.9. The SMILES string of the molecule is COC(=O)C(CCN)C(=O)[C@H](Cc1ccccc1)NC(=O)OC(C)(C)C. The first-order valence-corrected chi connectivity index (χ1v) is 8.53. The molecule has 2 atom stereocenters. The highest BCUT2D eigenvalue weighted by Crippen LogP contribution is 2.14. The summed E-state index contributed by atoms with van der Waals surface area (Å²) < 4.78 is 9.95. The number of methoxy groups -OCH3 is 1. The molecule has 1 rings (SSSR count). The average Bonchev–Trinajstić information content (AvgIpc) is 2.57. The van der Waals surface area contributed by atoms with Crippen LogP contribution in [0.5, 0.6) is 0 Å². The van der Waals surface area contributed by atoms with E-state index in [1.54, 1.807) is 20.8 Å². The largest absolute Gasteiger partial charge is 0.468 e. The van der Waals surface area contributed by atoms with E-state index in [0.29, 0.717) is 0 Å². The topological polar surface area (TPSA) is 108 Å². The highest BCUT2D eigenvalue weighted by Gasteiger charge is 2.34. The van der Waals surface area contributed by atoms with Gasteiger partial charge in [0, 0.05) is 0 Å². The number of carbonyl (C=O) groups excluding carboxylic acids is 3. The van der Waals surface area contributed by atoms with Crippen LogP contribution in [0.25, 0.3) is 0 Å². The fraction of sp³-hybridized carbons (Fsp3) is 0.526. The fourth-order valence-electron chi connectivity index (χ4n) is 2.45. The van der Waals surface area contributed by atoms with Crippen molar-refractivity contribution in [3.05, 3.63) is 35.9 Å². The Morgan fingerprint density at radius 2 is 1.77 bits per heavy atom. The van der Waals surface area contributed by atoms with Crippen molar-refractivity contribution in [1.29, 1.82) is 0 Å². The average molecular weight is 364 g/mol. The molecule has 3 N–H and O–H groups in total. The lowest BCUT2D eigenvalue weighted by atomic mass is 9.91. The van der Waals surface area contributed by atoms with E-state index in [1.807, 2.05) is 30.3 Å². The maximum Gasteiger partial charge on any atom is 0.408 e. The molecule has 1 unspecified atom stereocenters. The van der Waals surface area contributed by atoms with Crippen LogP contribution in [-0.2, 0) is 25.5 Å². The van der Waals surface area contributed by atoms with Gasteiger partial charge < -0.3 is 20.5 Å². The normalized spacial score (nSPS) is 13.4.